The Kier molecular flexibility index (Phi) is 6.97. The quantitative estimate of drug-likeness (QED) is 0.739. The maximum Gasteiger partial charge on any atom is 0.225 e. The van der Waals surface area contributed by atoms with Crippen molar-refractivity contribution in [3.8, 4) is 0 Å². The summed E-state index contributed by atoms with van der Waals surface area (Å²) in [5.41, 5.74) is 2.00. The van der Waals surface area contributed by atoms with E-state index in [1.54, 1.807) is 11.8 Å². The number of nitrogens with one attached hydrogen (secondary N) is 1. The Morgan fingerprint density at radius 2 is 2.04 bits per heavy atom. The molecule has 1 amide bonds. The van der Waals surface area contributed by atoms with E-state index in [-0.39, 0.29) is 12.0 Å². The largest absolute Gasteiger partial charge is 0.371 e. The number of hydrogen-bond acceptors (Lipinski definition) is 4. The van der Waals surface area contributed by atoms with Gasteiger partial charge in [-0.25, -0.2) is 0 Å². The highest BCUT2D eigenvalue weighted by Crippen LogP contribution is 2.25. The van der Waals surface area contributed by atoms with Crippen molar-refractivity contribution in [1.82, 2.24) is 4.90 Å². The van der Waals surface area contributed by atoms with Crippen LogP contribution in [-0.2, 0) is 9.53 Å². The van der Waals surface area contributed by atoms with Gasteiger partial charge < -0.3 is 10.1 Å². The van der Waals surface area contributed by atoms with Gasteiger partial charge in [-0.3, -0.25) is 9.69 Å². The fourth-order valence-corrected chi connectivity index (χ4v) is 3.68. The molecule has 1 aliphatic heterocycles. The maximum atomic E-state index is 12.3. The zero-order valence-electron chi connectivity index (χ0n) is 14.8. The number of benzene rings is 2. The van der Waals surface area contributed by atoms with E-state index in [2.05, 4.69) is 10.2 Å². The molecule has 0 aromatic heterocycles. The van der Waals surface area contributed by atoms with Crippen molar-refractivity contribution in [2.75, 3.05) is 37.8 Å². The van der Waals surface area contributed by atoms with E-state index in [9.17, 15) is 4.79 Å². The molecule has 26 heavy (non-hydrogen) atoms. The third-order valence-corrected chi connectivity index (χ3v) is 5.48. The van der Waals surface area contributed by atoms with Gasteiger partial charge in [-0.05, 0) is 36.1 Å². The first-order chi connectivity index (χ1) is 12.7. The number of carbonyl (C=O) groups is 1. The molecule has 1 heterocycles. The van der Waals surface area contributed by atoms with Crippen molar-refractivity contribution in [1.29, 1.82) is 0 Å². The Morgan fingerprint density at radius 3 is 2.81 bits per heavy atom. The average Bonchev–Trinajstić information content (AvgIpc) is 2.67. The van der Waals surface area contributed by atoms with Crippen LogP contribution in [0, 0.1) is 0 Å². The van der Waals surface area contributed by atoms with Crippen LogP contribution < -0.4 is 5.32 Å². The Balaban J connectivity index is 1.51. The second-order valence-corrected chi connectivity index (χ2v) is 7.49. The first-order valence-electron chi connectivity index (χ1n) is 8.68. The third-order valence-electron chi connectivity index (χ3n) is 4.43. The number of hydrogen-bond donors (Lipinski definition) is 1. The minimum atomic E-state index is 0.0290. The zero-order chi connectivity index (χ0) is 18.4. The van der Waals surface area contributed by atoms with Crippen LogP contribution in [0.2, 0.25) is 5.02 Å². The van der Waals surface area contributed by atoms with Gasteiger partial charge in [0, 0.05) is 36.0 Å². The van der Waals surface area contributed by atoms with Crippen molar-refractivity contribution < 1.29 is 9.53 Å². The van der Waals surface area contributed by atoms with E-state index < -0.39 is 0 Å². The van der Waals surface area contributed by atoms with E-state index in [4.69, 9.17) is 16.3 Å². The van der Waals surface area contributed by atoms with E-state index >= 15 is 0 Å². The van der Waals surface area contributed by atoms with Gasteiger partial charge in [0.1, 0.15) is 0 Å². The number of anilines is 1. The SMILES string of the molecule is CSc1ccccc1NC(=O)CCN1CCOC(c2ccc(Cl)cc2)C1. The van der Waals surface area contributed by atoms with Gasteiger partial charge in [-0.15, -0.1) is 11.8 Å². The van der Waals surface area contributed by atoms with Crippen LogP contribution in [0.1, 0.15) is 18.1 Å². The lowest BCUT2D eigenvalue weighted by molar-refractivity contribution is -0.117. The van der Waals surface area contributed by atoms with Gasteiger partial charge in [-0.2, -0.15) is 0 Å². The Labute approximate surface area is 163 Å². The molecule has 0 aliphatic carbocycles. The molecule has 138 valence electrons. The molecular formula is C20H23ClN2O2S. The van der Waals surface area contributed by atoms with Crippen molar-refractivity contribution in [2.24, 2.45) is 0 Å². The number of para-hydroxylation sites is 1. The highest BCUT2D eigenvalue weighted by molar-refractivity contribution is 7.98. The van der Waals surface area contributed by atoms with E-state index in [0.29, 0.717) is 13.0 Å². The lowest BCUT2D eigenvalue weighted by Crippen LogP contribution is -2.39. The smallest absolute Gasteiger partial charge is 0.225 e. The Hall–Kier alpha value is -1.53. The topological polar surface area (TPSA) is 41.6 Å². The van der Waals surface area contributed by atoms with Crippen LogP contribution in [0.25, 0.3) is 0 Å². The van der Waals surface area contributed by atoms with E-state index in [0.717, 1.165) is 40.8 Å². The molecule has 1 unspecified atom stereocenters. The summed E-state index contributed by atoms with van der Waals surface area (Å²) in [7, 11) is 0. The molecule has 0 saturated carbocycles. The van der Waals surface area contributed by atoms with Gasteiger partial charge >= 0.3 is 0 Å². The second kappa shape index (κ2) is 9.42. The Bertz CT molecular complexity index is 739. The molecule has 4 nitrogen and oxygen atoms in total. The molecule has 1 atom stereocenters. The van der Waals surface area contributed by atoms with Crippen LogP contribution in [0.5, 0.6) is 0 Å². The molecule has 0 bridgehead atoms. The number of ether oxygens (including phenoxy) is 1. The number of carbonyl (C=O) groups excluding carboxylic acids is 1. The van der Waals surface area contributed by atoms with Gasteiger partial charge in [0.05, 0.1) is 18.4 Å². The first kappa shape index (κ1) is 19.2. The monoisotopic (exact) mass is 390 g/mol. The second-order valence-electron chi connectivity index (χ2n) is 6.21. The van der Waals surface area contributed by atoms with Crippen LogP contribution in [-0.4, -0.2) is 43.3 Å². The summed E-state index contributed by atoms with van der Waals surface area (Å²) in [6.45, 7) is 3.03. The van der Waals surface area contributed by atoms with Crippen molar-refractivity contribution in [2.45, 2.75) is 17.4 Å². The molecule has 2 aromatic carbocycles. The fourth-order valence-electron chi connectivity index (χ4n) is 3.00. The van der Waals surface area contributed by atoms with Crippen LogP contribution in [0.4, 0.5) is 5.69 Å². The summed E-state index contributed by atoms with van der Waals surface area (Å²) in [5.74, 6) is 0.0426. The number of amides is 1. The predicted molar refractivity (Wildman–Crippen MR) is 108 cm³/mol. The number of halogens is 1. The van der Waals surface area contributed by atoms with Crippen LogP contribution >= 0.6 is 23.4 Å². The van der Waals surface area contributed by atoms with Gasteiger partial charge in [0.25, 0.3) is 0 Å². The Morgan fingerprint density at radius 1 is 1.27 bits per heavy atom. The van der Waals surface area contributed by atoms with Crippen molar-refractivity contribution in [3.05, 3.63) is 59.1 Å². The zero-order valence-corrected chi connectivity index (χ0v) is 16.4. The number of nitrogens with zero attached hydrogens (tertiary/aromatic N) is 1. The summed E-state index contributed by atoms with van der Waals surface area (Å²) in [6, 6.07) is 15.6. The number of rotatable bonds is 6. The average molecular weight is 391 g/mol. The highest BCUT2D eigenvalue weighted by Gasteiger charge is 2.22. The van der Waals surface area contributed by atoms with E-state index in [1.165, 1.54) is 0 Å². The summed E-state index contributed by atoms with van der Waals surface area (Å²) < 4.78 is 5.88. The predicted octanol–water partition coefficient (Wildman–Crippen LogP) is 4.46. The molecule has 0 spiro atoms. The standard InChI is InChI=1S/C20H23ClN2O2S/c1-26-19-5-3-2-4-17(19)22-20(24)10-11-23-12-13-25-18(14-23)15-6-8-16(21)9-7-15/h2-9,18H,10-14H2,1H3,(H,22,24). The molecule has 0 radical (unpaired) electrons. The molecule has 2 aromatic rings. The number of morpholine rings is 1. The minimum Gasteiger partial charge on any atom is -0.371 e. The highest BCUT2D eigenvalue weighted by atomic mass is 35.5. The molecule has 1 fully saturated rings. The van der Waals surface area contributed by atoms with Crippen molar-refractivity contribution >= 4 is 35.0 Å². The molecule has 1 N–H and O–H groups in total. The third kappa shape index (κ3) is 5.24. The number of thioether (sulfide) groups is 1. The van der Waals surface area contributed by atoms with Crippen molar-refractivity contribution in [3.63, 3.8) is 0 Å². The normalized spacial score (nSPS) is 17.8. The molecule has 1 saturated heterocycles. The first-order valence-corrected chi connectivity index (χ1v) is 10.3. The summed E-state index contributed by atoms with van der Waals surface area (Å²) in [6.07, 6.45) is 2.51. The van der Waals surface area contributed by atoms with E-state index in [1.807, 2.05) is 54.8 Å². The molecule has 1 aliphatic rings. The summed E-state index contributed by atoms with van der Waals surface area (Å²) >= 11 is 7.59. The van der Waals surface area contributed by atoms with Crippen LogP contribution in [0.3, 0.4) is 0 Å². The molecule has 3 rings (SSSR count). The lowest BCUT2D eigenvalue weighted by atomic mass is 10.1. The molecular weight excluding hydrogens is 368 g/mol. The maximum absolute atomic E-state index is 12.3. The van der Waals surface area contributed by atoms with Gasteiger partial charge in [0.15, 0.2) is 0 Å². The molecule has 6 heteroatoms. The van der Waals surface area contributed by atoms with Crippen LogP contribution in [0.15, 0.2) is 53.4 Å². The van der Waals surface area contributed by atoms with Gasteiger partial charge in [-0.1, -0.05) is 35.9 Å². The van der Waals surface area contributed by atoms with Gasteiger partial charge in [0.2, 0.25) is 5.91 Å². The fraction of sp³-hybridized carbons (Fsp3) is 0.350. The summed E-state index contributed by atoms with van der Waals surface area (Å²) in [5, 5.41) is 3.74. The minimum absolute atomic E-state index is 0.0290. The summed E-state index contributed by atoms with van der Waals surface area (Å²) in [4.78, 5) is 15.7. The lowest BCUT2D eigenvalue weighted by Gasteiger charge is -2.33.